The van der Waals surface area contributed by atoms with Crippen molar-refractivity contribution < 1.29 is 37.8 Å². The lowest BCUT2D eigenvalue weighted by Gasteiger charge is -2.63. The van der Waals surface area contributed by atoms with Crippen molar-refractivity contribution in [3.8, 4) is 0 Å². The van der Waals surface area contributed by atoms with Gasteiger partial charge in [-0.05, 0) is 49.8 Å². The van der Waals surface area contributed by atoms with E-state index in [4.69, 9.17) is 10.5 Å². The maximum Gasteiger partial charge on any atom is 0.306 e. The molecule has 1 amide bonds. The fraction of sp³-hybridized carbons (Fsp3) is 0.680. The standard InChI is InChI=1S/C25H31F2NO6S/c1-5-19(31)34-25(20(32)35-21(28)33)12(2)8-14-15-10-17(26)16-9-13(29)6-7-22(16,3)24(15,27)18(30)11-23(14,25)4/h6-7,9,12,14-15,17-18,30H,5,8,10-11H2,1-4H3,(H2,28,33)/t12-,14+,15?,17+,18+,22+,23+,24+,25+/m1/s1. The summed E-state index contributed by atoms with van der Waals surface area (Å²) in [4.78, 5) is 49.7. The molecule has 0 radical (unpaired) electrons. The van der Waals surface area contributed by atoms with Crippen LogP contribution in [0.5, 0.6) is 0 Å². The molecule has 192 valence electrons. The number of fused-ring (bicyclic) bond motifs is 5. The Hall–Kier alpha value is -2.07. The van der Waals surface area contributed by atoms with Crippen molar-refractivity contribution in [3.63, 3.8) is 0 Å². The predicted molar refractivity (Wildman–Crippen MR) is 124 cm³/mol. The van der Waals surface area contributed by atoms with Gasteiger partial charge in [0.25, 0.3) is 5.24 Å². The first-order valence-corrected chi connectivity index (χ1v) is 12.7. The van der Waals surface area contributed by atoms with Gasteiger partial charge >= 0.3 is 5.97 Å². The Bertz CT molecular complexity index is 1060. The van der Waals surface area contributed by atoms with Crippen LogP contribution in [0.1, 0.15) is 53.4 Å². The first-order valence-electron chi connectivity index (χ1n) is 11.9. The van der Waals surface area contributed by atoms with Gasteiger partial charge < -0.3 is 15.6 Å². The molecule has 0 bridgehead atoms. The predicted octanol–water partition coefficient (Wildman–Crippen LogP) is 3.58. The average molecular weight is 512 g/mol. The lowest BCUT2D eigenvalue weighted by molar-refractivity contribution is -0.228. The summed E-state index contributed by atoms with van der Waals surface area (Å²) in [5.41, 5.74) is -1.76. The molecule has 0 saturated heterocycles. The van der Waals surface area contributed by atoms with E-state index in [0.717, 1.165) is 6.08 Å². The molecule has 3 fully saturated rings. The van der Waals surface area contributed by atoms with E-state index in [1.165, 1.54) is 19.1 Å². The summed E-state index contributed by atoms with van der Waals surface area (Å²) in [6, 6.07) is 0. The van der Waals surface area contributed by atoms with Crippen LogP contribution in [-0.4, -0.2) is 50.8 Å². The average Bonchev–Trinajstić information content (AvgIpc) is 2.98. The normalized spacial score (nSPS) is 46.2. The number of carbonyl (C=O) groups excluding carboxylic acids is 4. The molecule has 10 heteroatoms. The SMILES string of the molecule is CCC(=O)O[C@]1(C(=O)SC(N)=O)[C@H](C)C[C@H]2C3C[C@H](F)C4=CC(=O)C=C[C@]4(C)[C@@]3(F)[C@@H](O)C[C@@]21C. The molecule has 0 aromatic carbocycles. The molecule has 1 unspecified atom stereocenters. The highest BCUT2D eigenvalue weighted by atomic mass is 32.2. The highest BCUT2D eigenvalue weighted by molar-refractivity contribution is 8.26. The van der Waals surface area contributed by atoms with Crippen LogP contribution in [0.25, 0.3) is 0 Å². The molecule has 3 N–H and O–H groups in total. The maximum absolute atomic E-state index is 17.3. The summed E-state index contributed by atoms with van der Waals surface area (Å²) in [5.74, 6) is -3.46. The number of nitrogens with two attached hydrogens (primary N) is 1. The maximum atomic E-state index is 17.3. The van der Waals surface area contributed by atoms with Gasteiger partial charge in [0.1, 0.15) is 6.17 Å². The summed E-state index contributed by atoms with van der Waals surface area (Å²) in [6.07, 6.45) is -0.0336. The number of aliphatic hydroxyl groups excluding tert-OH is 1. The monoisotopic (exact) mass is 511 g/mol. The summed E-state index contributed by atoms with van der Waals surface area (Å²) in [6.45, 7) is 6.38. The summed E-state index contributed by atoms with van der Waals surface area (Å²) in [5, 5.41) is 9.67. The third kappa shape index (κ3) is 3.24. The number of thioether (sulfide) groups is 1. The molecule has 0 aliphatic heterocycles. The van der Waals surface area contributed by atoms with Crippen molar-refractivity contribution in [2.45, 2.75) is 76.9 Å². The smallest absolute Gasteiger partial charge is 0.306 e. The molecule has 0 aromatic heterocycles. The van der Waals surface area contributed by atoms with Crippen LogP contribution in [0.3, 0.4) is 0 Å². The molecule has 0 aromatic rings. The van der Waals surface area contributed by atoms with Crippen molar-refractivity contribution >= 4 is 33.9 Å². The molecular weight excluding hydrogens is 480 g/mol. The minimum absolute atomic E-state index is 0.00137. The van der Waals surface area contributed by atoms with Gasteiger partial charge in [-0.25, -0.2) is 8.78 Å². The molecule has 4 rings (SSSR count). The zero-order valence-electron chi connectivity index (χ0n) is 20.2. The van der Waals surface area contributed by atoms with Crippen molar-refractivity contribution in [2.24, 2.45) is 34.3 Å². The summed E-state index contributed by atoms with van der Waals surface area (Å²) < 4.78 is 38.6. The quantitative estimate of drug-likeness (QED) is 0.555. The molecular formula is C25H31F2NO6S. The van der Waals surface area contributed by atoms with Crippen molar-refractivity contribution in [3.05, 3.63) is 23.8 Å². The fourth-order valence-corrected chi connectivity index (χ4v) is 8.45. The van der Waals surface area contributed by atoms with Crippen LogP contribution in [0.15, 0.2) is 23.8 Å². The Labute approximate surface area is 206 Å². The second-order valence-electron chi connectivity index (χ2n) is 10.8. The number of amides is 1. The van der Waals surface area contributed by atoms with E-state index in [9.17, 15) is 24.3 Å². The van der Waals surface area contributed by atoms with E-state index in [1.807, 2.05) is 0 Å². The van der Waals surface area contributed by atoms with Gasteiger partial charge in [0.2, 0.25) is 5.12 Å². The van der Waals surface area contributed by atoms with Crippen LogP contribution in [0.4, 0.5) is 13.6 Å². The number of allylic oxidation sites excluding steroid dienone is 4. The second-order valence-corrected chi connectivity index (χ2v) is 11.7. The van der Waals surface area contributed by atoms with E-state index in [1.54, 1.807) is 20.8 Å². The number of primary amides is 1. The van der Waals surface area contributed by atoms with E-state index < -0.39 is 74.2 Å². The van der Waals surface area contributed by atoms with Crippen LogP contribution < -0.4 is 5.73 Å². The topological polar surface area (TPSA) is 124 Å². The Balaban J connectivity index is 1.88. The summed E-state index contributed by atoms with van der Waals surface area (Å²) >= 11 is 0.224. The highest BCUT2D eigenvalue weighted by Crippen LogP contribution is 2.72. The number of rotatable bonds is 3. The zero-order valence-corrected chi connectivity index (χ0v) is 21.0. The molecule has 7 nitrogen and oxygen atoms in total. The van der Waals surface area contributed by atoms with Gasteiger partial charge in [0, 0.05) is 40.8 Å². The Kier molecular flexibility index (Phi) is 6.11. The lowest BCUT2D eigenvalue weighted by atomic mass is 9.44. The fourth-order valence-electron chi connectivity index (χ4n) is 7.64. The van der Waals surface area contributed by atoms with E-state index in [0.29, 0.717) is 0 Å². The first-order chi connectivity index (χ1) is 16.2. The Morgan fingerprint density at radius 1 is 1.26 bits per heavy atom. The lowest BCUT2D eigenvalue weighted by Crippen LogP contribution is -2.70. The number of aliphatic hydroxyl groups is 1. The van der Waals surface area contributed by atoms with Gasteiger partial charge in [-0.2, -0.15) is 0 Å². The number of hydrogen-bond donors (Lipinski definition) is 2. The third-order valence-electron chi connectivity index (χ3n) is 9.23. The minimum atomic E-state index is -2.33. The molecule has 0 heterocycles. The number of ketones is 1. The number of halogens is 2. The summed E-state index contributed by atoms with van der Waals surface area (Å²) in [7, 11) is 0. The van der Waals surface area contributed by atoms with Crippen LogP contribution in [-0.2, 0) is 19.1 Å². The molecule has 9 atom stereocenters. The number of carbonyl (C=O) groups is 4. The van der Waals surface area contributed by atoms with Crippen molar-refractivity contribution in [2.75, 3.05) is 0 Å². The molecule has 3 saturated carbocycles. The van der Waals surface area contributed by atoms with Gasteiger partial charge in [-0.1, -0.05) is 26.8 Å². The van der Waals surface area contributed by atoms with Gasteiger partial charge in [-0.15, -0.1) is 0 Å². The van der Waals surface area contributed by atoms with Gasteiger partial charge in [0.15, 0.2) is 17.1 Å². The Morgan fingerprint density at radius 2 is 1.91 bits per heavy atom. The second kappa shape index (κ2) is 8.23. The molecule has 4 aliphatic carbocycles. The number of hydrogen-bond acceptors (Lipinski definition) is 7. The molecule has 0 spiro atoms. The van der Waals surface area contributed by atoms with E-state index >= 15 is 8.78 Å². The largest absolute Gasteiger partial charge is 0.449 e. The Morgan fingerprint density at radius 3 is 2.51 bits per heavy atom. The van der Waals surface area contributed by atoms with Crippen LogP contribution >= 0.6 is 11.8 Å². The number of ether oxygens (including phenoxy) is 1. The van der Waals surface area contributed by atoms with E-state index in [2.05, 4.69) is 0 Å². The zero-order chi connectivity index (χ0) is 26.1. The van der Waals surface area contributed by atoms with Gasteiger partial charge in [-0.3, -0.25) is 19.2 Å². The number of esters is 1. The minimum Gasteiger partial charge on any atom is -0.449 e. The van der Waals surface area contributed by atoms with Crippen LogP contribution in [0.2, 0.25) is 0 Å². The number of alkyl halides is 2. The van der Waals surface area contributed by atoms with Crippen LogP contribution in [0, 0.1) is 28.6 Å². The van der Waals surface area contributed by atoms with E-state index in [-0.39, 0.29) is 43.0 Å². The van der Waals surface area contributed by atoms with Crippen molar-refractivity contribution in [1.29, 1.82) is 0 Å². The first kappa shape index (κ1) is 26.0. The molecule has 4 aliphatic rings. The van der Waals surface area contributed by atoms with Gasteiger partial charge in [0.05, 0.1) is 6.10 Å². The molecule has 35 heavy (non-hydrogen) atoms. The third-order valence-corrected chi connectivity index (χ3v) is 9.92. The van der Waals surface area contributed by atoms with Crippen molar-refractivity contribution in [1.82, 2.24) is 0 Å². The highest BCUT2D eigenvalue weighted by Gasteiger charge is 2.78.